The second kappa shape index (κ2) is 7.11. The standard InChI is InChI=1S/C18H19ClN2O3/c1-23-14-6-11(7-15(8-14)24-2)18(22)21-17-10-20-9-12-5-13(19)3-4-16(12)17/h3-8,17,20H,9-10H2,1-2H3,(H,21,22). The van der Waals surface area contributed by atoms with Gasteiger partial charge in [-0.05, 0) is 35.4 Å². The van der Waals surface area contributed by atoms with Gasteiger partial charge < -0.3 is 20.1 Å². The van der Waals surface area contributed by atoms with E-state index in [0.717, 1.165) is 17.7 Å². The molecule has 0 radical (unpaired) electrons. The third kappa shape index (κ3) is 3.47. The molecule has 0 saturated heterocycles. The maximum absolute atomic E-state index is 12.6. The predicted octanol–water partition coefficient (Wildman–Crippen LogP) is 2.93. The quantitative estimate of drug-likeness (QED) is 0.893. The highest BCUT2D eigenvalue weighted by Gasteiger charge is 2.22. The maximum Gasteiger partial charge on any atom is 0.252 e. The molecule has 0 aliphatic carbocycles. The molecule has 6 heteroatoms. The van der Waals surface area contributed by atoms with Crippen LogP contribution in [0.25, 0.3) is 0 Å². The molecule has 1 atom stereocenters. The van der Waals surface area contributed by atoms with E-state index in [4.69, 9.17) is 21.1 Å². The number of halogens is 1. The van der Waals surface area contributed by atoms with E-state index >= 15 is 0 Å². The molecule has 2 N–H and O–H groups in total. The summed E-state index contributed by atoms with van der Waals surface area (Å²) in [5.41, 5.74) is 2.68. The Morgan fingerprint density at radius 1 is 1.17 bits per heavy atom. The smallest absolute Gasteiger partial charge is 0.252 e. The van der Waals surface area contributed by atoms with E-state index in [1.54, 1.807) is 32.4 Å². The van der Waals surface area contributed by atoms with Crippen molar-refractivity contribution in [2.24, 2.45) is 0 Å². The van der Waals surface area contributed by atoms with Crippen molar-refractivity contribution in [3.63, 3.8) is 0 Å². The number of hydrogen-bond donors (Lipinski definition) is 2. The number of carbonyl (C=O) groups excluding carboxylic acids is 1. The average Bonchev–Trinajstić information content (AvgIpc) is 2.61. The number of ether oxygens (including phenoxy) is 2. The lowest BCUT2D eigenvalue weighted by molar-refractivity contribution is 0.0934. The van der Waals surface area contributed by atoms with Crippen LogP contribution in [0.4, 0.5) is 0 Å². The molecule has 0 saturated carbocycles. The van der Waals surface area contributed by atoms with Crippen LogP contribution < -0.4 is 20.1 Å². The van der Waals surface area contributed by atoms with Gasteiger partial charge >= 0.3 is 0 Å². The Hall–Kier alpha value is -2.24. The predicted molar refractivity (Wildman–Crippen MR) is 92.9 cm³/mol. The highest BCUT2D eigenvalue weighted by atomic mass is 35.5. The highest BCUT2D eigenvalue weighted by molar-refractivity contribution is 6.30. The molecule has 5 nitrogen and oxygen atoms in total. The molecule has 1 aliphatic rings. The van der Waals surface area contributed by atoms with Crippen molar-refractivity contribution in [3.8, 4) is 11.5 Å². The maximum atomic E-state index is 12.6. The summed E-state index contributed by atoms with van der Waals surface area (Å²) < 4.78 is 10.4. The van der Waals surface area contributed by atoms with Gasteiger partial charge in [0.15, 0.2) is 0 Å². The average molecular weight is 347 g/mol. The fraction of sp³-hybridized carbons (Fsp3) is 0.278. The third-order valence-electron chi connectivity index (χ3n) is 4.06. The van der Waals surface area contributed by atoms with Crippen molar-refractivity contribution in [2.75, 3.05) is 20.8 Å². The summed E-state index contributed by atoms with van der Waals surface area (Å²) in [6, 6.07) is 10.7. The van der Waals surface area contributed by atoms with Gasteiger partial charge in [0, 0.05) is 29.7 Å². The van der Waals surface area contributed by atoms with Crippen molar-refractivity contribution in [1.82, 2.24) is 10.6 Å². The summed E-state index contributed by atoms with van der Waals surface area (Å²) in [5.74, 6) is 0.976. The Kier molecular flexibility index (Phi) is 4.92. The fourth-order valence-corrected chi connectivity index (χ4v) is 3.03. The summed E-state index contributed by atoms with van der Waals surface area (Å²) in [7, 11) is 3.11. The number of rotatable bonds is 4. The molecular weight excluding hydrogens is 328 g/mol. The second-order valence-corrected chi connectivity index (χ2v) is 6.04. The van der Waals surface area contributed by atoms with Gasteiger partial charge in [-0.1, -0.05) is 17.7 Å². The van der Waals surface area contributed by atoms with Gasteiger partial charge in [-0.3, -0.25) is 4.79 Å². The molecule has 3 rings (SSSR count). The number of carbonyl (C=O) groups is 1. The van der Waals surface area contributed by atoms with Gasteiger partial charge in [-0.2, -0.15) is 0 Å². The van der Waals surface area contributed by atoms with Crippen LogP contribution in [-0.4, -0.2) is 26.7 Å². The lowest BCUT2D eigenvalue weighted by atomic mass is 9.96. The minimum absolute atomic E-state index is 0.115. The number of methoxy groups -OCH3 is 2. The van der Waals surface area contributed by atoms with E-state index in [1.807, 2.05) is 18.2 Å². The zero-order valence-electron chi connectivity index (χ0n) is 13.6. The summed E-state index contributed by atoms with van der Waals surface area (Å²) in [6.45, 7) is 1.41. The number of amides is 1. The zero-order chi connectivity index (χ0) is 17.1. The van der Waals surface area contributed by atoms with Crippen LogP contribution in [0.2, 0.25) is 5.02 Å². The first-order valence-corrected chi connectivity index (χ1v) is 8.01. The molecule has 126 valence electrons. The molecule has 2 aromatic rings. The van der Waals surface area contributed by atoms with E-state index in [1.165, 1.54) is 0 Å². The number of nitrogens with one attached hydrogen (secondary N) is 2. The van der Waals surface area contributed by atoms with Crippen LogP contribution in [0.5, 0.6) is 11.5 Å². The first-order valence-electron chi connectivity index (χ1n) is 7.63. The molecule has 2 aromatic carbocycles. The molecular formula is C18H19ClN2O3. The summed E-state index contributed by atoms with van der Waals surface area (Å²) in [4.78, 5) is 12.6. The Morgan fingerprint density at radius 2 is 1.88 bits per heavy atom. The van der Waals surface area contributed by atoms with Crippen molar-refractivity contribution >= 4 is 17.5 Å². The molecule has 0 bridgehead atoms. The zero-order valence-corrected chi connectivity index (χ0v) is 14.3. The number of benzene rings is 2. The Morgan fingerprint density at radius 3 is 2.54 bits per heavy atom. The van der Waals surface area contributed by atoms with E-state index in [0.29, 0.717) is 28.6 Å². The Balaban J connectivity index is 1.84. The highest BCUT2D eigenvalue weighted by Crippen LogP contribution is 2.26. The van der Waals surface area contributed by atoms with E-state index in [2.05, 4.69) is 10.6 Å². The minimum atomic E-state index is -0.179. The molecule has 1 unspecified atom stereocenters. The summed E-state index contributed by atoms with van der Waals surface area (Å²) in [5, 5.41) is 7.05. The van der Waals surface area contributed by atoms with Gasteiger partial charge in [0.25, 0.3) is 5.91 Å². The normalized spacial score (nSPS) is 16.2. The van der Waals surface area contributed by atoms with Crippen LogP contribution in [0.1, 0.15) is 27.5 Å². The molecule has 1 amide bonds. The lowest BCUT2D eigenvalue weighted by Gasteiger charge is -2.27. The first-order chi connectivity index (χ1) is 11.6. The molecule has 0 spiro atoms. The van der Waals surface area contributed by atoms with Gasteiger partial charge in [0.1, 0.15) is 11.5 Å². The number of fused-ring (bicyclic) bond motifs is 1. The van der Waals surface area contributed by atoms with Crippen LogP contribution >= 0.6 is 11.6 Å². The van der Waals surface area contributed by atoms with Gasteiger partial charge in [0.05, 0.1) is 20.3 Å². The Labute approximate surface area is 145 Å². The fourth-order valence-electron chi connectivity index (χ4n) is 2.84. The number of hydrogen-bond acceptors (Lipinski definition) is 4. The second-order valence-electron chi connectivity index (χ2n) is 5.60. The van der Waals surface area contributed by atoms with Crippen LogP contribution in [-0.2, 0) is 6.54 Å². The largest absolute Gasteiger partial charge is 0.497 e. The van der Waals surface area contributed by atoms with Crippen molar-refractivity contribution in [2.45, 2.75) is 12.6 Å². The lowest BCUT2D eigenvalue weighted by Crippen LogP contribution is -2.39. The molecule has 0 fully saturated rings. The van der Waals surface area contributed by atoms with Gasteiger partial charge in [0.2, 0.25) is 0 Å². The van der Waals surface area contributed by atoms with Crippen LogP contribution in [0, 0.1) is 0 Å². The monoisotopic (exact) mass is 346 g/mol. The van der Waals surface area contributed by atoms with E-state index in [-0.39, 0.29) is 11.9 Å². The minimum Gasteiger partial charge on any atom is -0.497 e. The third-order valence-corrected chi connectivity index (χ3v) is 4.30. The molecule has 24 heavy (non-hydrogen) atoms. The van der Waals surface area contributed by atoms with Crippen molar-refractivity contribution in [3.05, 3.63) is 58.1 Å². The summed E-state index contributed by atoms with van der Waals surface area (Å²) in [6.07, 6.45) is 0. The Bertz CT molecular complexity index is 742. The van der Waals surface area contributed by atoms with Gasteiger partial charge in [-0.25, -0.2) is 0 Å². The first kappa shape index (κ1) is 16.6. The van der Waals surface area contributed by atoms with Crippen LogP contribution in [0.15, 0.2) is 36.4 Å². The van der Waals surface area contributed by atoms with E-state index in [9.17, 15) is 4.79 Å². The molecule has 1 aliphatic heterocycles. The van der Waals surface area contributed by atoms with E-state index < -0.39 is 0 Å². The SMILES string of the molecule is COc1cc(OC)cc(C(=O)NC2CNCc3cc(Cl)ccc32)c1. The topological polar surface area (TPSA) is 59.6 Å². The van der Waals surface area contributed by atoms with Gasteiger partial charge in [-0.15, -0.1) is 0 Å². The summed E-state index contributed by atoms with van der Waals surface area (Å²) >= 11 is 6.05. The molecule has 1 heterocycles. The van der Waals surface area contributed by atoms with Crippen molar-refractivity contribution in [1.29, 1.82) is 0 Å². The van der Waals surface area contributed by atoms with Crippen molar-refractivity contribution < 1.29 is 14.3 Å². The van der Waals surface area contributed by atoms with Crippen LogP contribution in [0.3, 0.4) is 0 Å². The molecule has 0 aromatic heterocycles.